The molecule has 36 heavy (non-hydrogen) atoms. The van der Waals surface area contributed by atoms with Gasteiger partial charge in [0, 0.05) is 19.6 Å². The van der Waals surface area contributed by atoms with Crippen molar-refractivity contribution in [2.75, 3.05) is 13.7 Å². The number of amides is 1. The van der Waals surface area contributed by atoms with Crippen LogP contribution in [0.1, 0.15) is 24.2 Å². The first kappa shape index (κ1) is 26.0. The van der Waals surface area contributed by atoms with Crippen LogP contribution in [0.2, 0.25) is 0 Å². The largest absolute Gasteiger partial charge is 0.428 e. The van der Waals surface area contributed by atoms with E-state index < -0.39 is 54.9 Å². The van der Waals surface area contributed by atoms with E-state index in [2.05, 4.69) is 5.32 Å². The molecule has 10 nitrogen and oxygen atoms in total. The number of carbonyl (C=O) groups is 2. The molecular weight excluding hydrogens is 470 g/mol. The Kier molecular flexibility index (Phi) is 8.14. The summed E-state index contributed by atoms with van der Waals surface area (Å²) < 4.78 is 22.5. The minimum atomic E-state index is -1.46. The number of rotatable bonds is 8. The molecule has 0 bridgehead atoms. The van der Waals surface area contributed by atoms with Crippen molar-refractivity contribution in [3.05, 3.63) is 77.4 Å². The Morgan fingerprint density at radius 2 is 1.69 bits per heavy atom. The Bertz CT molecular complexity index is 1090. The van der Waals surface area contributed by atoms with Gasteiger partial charge in [0.2, 0.25) is 12.2 Å². The third-order valence-electron chi connectivity index (χ3n) is 6.09. The molecule has 0 spiro atoms. The summed E-state index contributed by atoms with van der Waals surface area (Å²) >= 11 is 0. The highest BCUT2D eigenvalue weighted by Crippen LogP contribution is 2.40. The first-order chi connectivity index (χ1) is 17.3. The number of esters is 1. The molecule has 2 aromatic carbocycles. The maximum absolute atomic E-state index is 13.0. The smallest absolute Gasteiger partial charge is 0.340 e. The van der Waals surface area contributed by atoms with Gasteiger partial charge in [0.25, 0.3) is 0 Å². The van der Waals surface area contributed by atoms with Gasteiger partial charge in [0.15, 0.2) is 6.29 Å². The number of hydrogen-bond donors (Lipinski definition) is 4. The highest BCUT2D eigenvalue weighted by molar-refractivity contribution is 6.03. The van der Waals surface area contributed by atoms with E-state index in [1.165, 1.54) is 14.0 Å². The van der Waals surface area contributed by atoms with Gasteiger partial charge >= 0.3 is 5.97 Å². The fraction of sp³-hybridized carbons (Fsp3) is 0.385. The topological polar surface area (TPSA) is 144 Å². The van der Waals surface area contributed by atoms with Crippen LogP contribution in [0.4, 0.5) is 0 Å². The molecule has 2 aliphatic heterocycles. The van der Waals surface area contributed by atoms with Crippen LogP contribution in [-0.4, -0.2) is 77.8 Å². The number of carbonyl (C=O) groups excluding carboxylic acids is 2. The van der Waals surface area contributed by atoms with Crippen molar-refractivity contribution in [2.45, 2.75) is 50.0 Å². The third-order valence-corrected chi connectivity index (χ3v) is 6.09. The number of aliphatic hydroxyl groups excluding tert-OH is 3. The number of ether oxygens (including phenoxy) is 4. The molecule has 192 valence electrons. The first-order valence-electron chi connectivity index (χ1n) is 11.5. The Hall–Kier alpha value is -3.12. The summed E-state index contributed by atoms with van der Waals surface area (Å²) in [5.74, 6) is -1.27. The summed E-state index contributed by atoms with van der Waals surface area (Å²) in [6.07, 6.45) is -7.75. The van der Waals surface area contributed by atoms with Crippen molar-refractivity contribution in [1.29, 1.82) is 0 Å². The zero-order chi connectivity index (χ0) is 25.8. The van der Waals surface area contributed by atoms with Crippen LogP contribution in [0.25, 0.3) is 5.57 Å². The molecular formula is C26H29NO9. The number of cyclic esters (lactones) is 1. The zero-order valence-electron chi connectivity index (χ0n) is 19.8. The molecule has 1 amide bonds. The Morgan fingerprint density at radius 1 is 1.06 bits per heavy atom. The van der Waals surface area contributed by atoms with Crippen LogP contribution in [0.15, 0.2) is 66.2 Å². The van der Waals surface area contributed by atoms with Crippen LogP contribution in [-0.2, 0) is 28.5 Å². The predicted octanol–water partition coefficient (Wildman–Crippen LogP) is 0.671. The Morgan fingerprint density at radius 3 is 2.31 bits per heavy atom. The van der Waals surface area contributed by atoms with Gasteiger partial charge < -0.3 is 39.6 Å². The van der Waals surface area contributed by atoms with E-state index in [0.29, 0.717) is 11.1 Å². The van der Waals surface area contributed by atoms with Gasteiger partial charge in [0.05, 0.1) is 12.2 Å². The predicted molar refractivity (Wildman–Crippen MR) is 126 cm³/mol. The number of aliphatic hydroxyl groups is 3. The van der Waals surface area contributed by atoms with E-state index in [1.54, 1.807) is 60.7 Å². The van der Waals surface area contributed by atoms with Crippen LogP contribution < -0.4 is 5.32 Å². The van der Waals surface area contributed by atoms with E-state index in [0.717, 1.165) is 0 Å². The average molecular weight is 500 g/mol. The second-order valence-corrected chi connectivity index (χ2v) is 8.59. The molecule has 4 N–H and O–H groups in total. The number of nitrogens with one attached hydrogen (secondary N) is 1. The molecule has 1 saturated heterocycles. The third kappa shape index (κ3) is 5.34. The van der Waals surface area contributed by atoms with Crippen molar-refractivity contribution in [3.8, 4) is 0 Å². The molecule has 4 rings (SSSR count). The molecule has 0 saturated carbocycles. The lowest BCUT2D eigenvalue weighted by atomic mass is 9.93. The van der Waals surface area contributed by atoms with Gasteiger partial charge in [-0.3, -0.25) is 4.79 Å². The summed E-state index contributed by atoms with van der Waals surface area (Å²) in [5.41, 5.74) is 1.34. The Labute approximate surface area is 208 Å². The van der Waals surface area contributed by atoms with E-state index in [4.69, 9.17) is 18.9 Å². The number of hydrogen-bond acceptors (Lipinski definition) is 9. The zero-order valence-corrected chi connectivity index (χ0v) is 19.8. The van der Waals surface area contributed by atoms with Gasteiger partial charge in [-0.25, -0.2) is 4.79 Å². The average Bonchev–Trinajstić information content (AvgIpc) is 3.20. The van der Waals surface area contributed by atoms with Crippen LogP contribution >= 0.6 is 0 Å². The second-order valence-electron chi connectivity index (χ2n) is 8.59. The highest BCUT2D eigenvalue weighted by Gasteiger charge is 2.49. The highest BCUT2D eigenvalue weighted by atomic mass is 16.8. The van der Waals surface area contributed by atoms with E-state index in [-0.39, 0.29) is 17.8 Å². The van der Waals surface area contributed by atoms with E-state index in [9.17, 15) is 24.9 Å². The normalized spacial score (nSPS) is 29.1. The minimum Gasteiger partial charge on any atom is -0.428 e. The van der Waals surface area contributed by atoms with Crippen LogP contribution in [0.5, 0.6) is 0 Å². The SMILES string of the molecule is COC[C@@H]1O[C@H](O[C@H]2OC(=O)C([C@H](O)c3ccccc3)=C2c2ccccc2)[C@H](NC(C)=O)[C@H](O)[C@@H]1O. The van der Waals surface area contributed by atoms with Crippen LogP contribution in [0, 0.1) is 0 Å². The van der Waals surface area contributed by atoms with Crippen molar-refractivity contribution >= 4 is 17.4 Å². The first-order valence-corrected chi connectivity index (χ1v) is 11.5. The molecule has 0 aromatic heterocycles. The molecule has 2 aromatic rings. The lowest BCUT2D eigenvalue weighted by Gasteiger charge is -2.43. The molecule has 0 unspecified atom stereocenters. The maximum atomic E-state index is 13.0. The number of benzene rings is 2. The molecule has 2 aliphatic rings. The van der Waals surface area contributed by atoms with Gasteiger partial charge in [-0.1, -0.05) is 60.7 Å². The van der Waals surface area contributed by atoms with Crippen molar-refractivity contribution in [2.24, 2.45) is 0 Å². The summed E-state index contributed by atoms with van der Waals surface area (Å²) in [5, 5.41) is 34.8. The second kappa shape index (κ2) is 11.3. The molecule has 1 fully saturated rings. The van der Waals surface area contributed by atoms with Crippen LogP contribution in [0.3, 0.4) is 0 Å². The summed E-state index contributed by atoms with van der Waals surface area (Å²) in [6.45, 7) is 1.19. The summed E-state index contributed by atoms with van der Waals surface area (Å²) in [4.78, 5) is 24.9. The molecule has 7 atom stereocenters. The lowest BCUT2D eigenvalue weighted by molar-refractivity contribution is -0.297. The quantitative estimate of drug-likeness (QED) is 0.385. The van der Waals surface area contributed by atoms with Gasteiger partial charge in [0.1, 0.15) is 30.5 Å². The molecule has 0 radical (unpaired) electrons. The van der Waals surface area contributed by atoms with Crippen molar-refractivity contribution in [3.63, 3.8) is 0 Å². The summed E-state index contributed by atoms with van der Waals surface area (Å²) in [7, 11) is 1.41. The lowest BCUT2D eigenvalue weighted by Crippen LogP contribution is -2.65. The van der Waals surface area contributed by atoms with Crippen molar-refractivity contribution in [1.82, 2.24) is 5.32 Å². The molecule has 0 aliphatic carbocycles. The van der Waals surface area contributed by atoms with E-state index >= 15 is 0 Å². The number of methoxy groups -OCH3 is 1. The standard InChI is InChI=1S/C26H29NO9/c1-14(28)27-20-23(31)22(30)17(13-33-2)34-26(20)36-25-18(15-9-5-3-6-10-15)19(24(32)35-25)21(29)16-11-7-4-8-12-16/h3-12,17,20-23,25-26,29-31H,13H2,1-2H3,(H,27,28)/t17-,20+,21+,22+,23-,25+,26+/m0/s1. The van der Waals surface area contributed by atoms with E-state index in [1.807, 2.05) is 0 Å². The Balaban J connectivity index is 1.72. The van der Waals surface area contributed by atoms with Gasteiger partial charge in [-0.2, -0.15) is 0 Å². The minimum absolute atomic E-state index is 0.00156. The van der Waals surface area contributed by atoms with Gasteiger partial charge in [-0.05, 0) is 11.1 Å². The maximum Gasteiger partial charge on any atom is 0.340 e. The fourth-order valence-electron chi connectivity index (χ4n) is 4.38. The monoisotopic (exact) mass is 499 g/mol. The summed E-state index contributed by atoms with van der Waals surface area (Å²) in [6, 6.07) is 16.3. The van der Waals surface area contributed by atoms with Crippen molar-refractivity contribution < 1.29 is 43.9 Å². The van der Waals surface area contributed by atoms with Gasteiger partial charge in [-0.15, -0.1) is 0 Å². The molecule has 2 heterocycles. The molecule has 10 heteroatoms. The fourth-order valence-corrected chi connectivity index (χ4v) is 4.38.